The Labute approximate surface area is 172 Å². The maximum atomic E-state index is 12.7. The first-order valence-electron chi connectivity index (χ1n) is 8.86. The van der Waals surface area contributed by atoms with Gasteiger partial charge in [0.1, 0.15) is 5.82 Å². The molecule has 0 aliphatic carbocycles. The van der Waals surface area contributed by atoms with Gasteiger partial charge in [-0.1, -0.05) is 48.5 Å². The summed E-state index contributed by atoms with van der Waals surface area (Å²) in [5.41, 5.74) is 9.32. The molecule has 0 saturated carbocycles. The van der Waals surface area contributed by atoms with E-state index >= 15 is 0 Å². The van der Waals surface area contributed by atoms with Gasteiger partial charge in [0.2, 0.25) is 15.2 Å². The molecule has 7 nitrogen and oxygen atoms in total. The van der Waals surface area contributed by atoms with Crippen LogP contribution in [0.15, 0.2) is 70.9 Å². The molecule has 0 spiro atoms. The maximum absolute atomic E-state index is 12.7. The third-order valence-corrected chi connectivity index (χ3v) is 6.70. The summed E-state index contributed by atoms with van der Waals surface area (Å²) in [7, 11) is -3.68. The third-order valence-electron chi connectivity index (χ3n) is 4.35. The average Bonchev–Trinajstić information content (AvgIpc) is 3.31. The molecule has 0 aliphatic rings. The summed E-state index contributed by atoms with van der Waals surface area (Å²) < 4.78 is 29.5. The van der Waals surface area contributed by atoms with Gasteiger partial charge in [-0.3, -0.25) is 0 Å². The fourth-order valence-electron chi connectivity index (χ4n) is 2.90. The highest BCUT2D eigenvalue weighted by molar-refractivity contribution is 7.89. The minimum absolute atomic E-state index is 0.0116. The average molecular weight is 426 g/mol. The molecule has 29 heavy (non-hydrogen) atoms. The standard InChI is InChI=1S/C20H19N5O2S2/c1-14-13-28-20(23-14)25-19(21)17(18(24-25)15-8-4-2-5-9-15)12-22-29(26,27)16-10-6-3-7-11-16/h2-11,13,22H,12,21H2,1H3. The summed E-state index contributed by atoms with van der Waals surface area (Å²) in [4.78, 5) is 4.64. The van der Waals surface area contributed by atoms with Crippen LogP contribution in [0.2, 0.25) is 0 Å². The first-order valence-corrected chi connectivity index (χ1v) is 11.2. The topological polar surface area (TPSA) is 103 Å². The van der Waals surface area contributed by atoms with Crippen molar-refractivity contribution in [1.29, 1.82) is 0 Å². The van der Waals surface area contributed by atoms with Crippen molar-refractivity contribution in [3.63, 3.8) is 0 Å². The molecule has 4 aromatic rings. The van der Waals surface area contributed by atoms with Crippen LogP contribution >= 0.6 is 11.3 Å². The molecule has 2 aromatic carbocycles. The first kappa shape index (κ1) is 19.3. The van der Waals surface area contributed by atoms with Crippen molar-refractivity contribution in [3.05, 3.63) is 77.3 Å². The minimum Gasteiger partial charge on any atom is -0.383 e. The molecular formula is C20H19N5O2S2. The lowest BCUT2D eigenvalue weighted by Crippen LogP contribution is -2.23. The number of nitrogen functional groups attached to an aromatic ring is 1. The molecule has 0 fully saturated rings. The number of aryl methyl sites for hydroxylation is 1. The van der Waals surface area contributed by atoms with Crippen molar-refractivity contribution in [3.8, 4) is 16.4 Å². The zero-order chi connectivity index (χ0) is 20.4. The highest BCUT2D eigenvalue weighted by atomic mass is 32.2. The van der Waals surface area contributed by atoms with E-state index in [0.29, 0.717) is 22.2 Å². The summed E-state index contributed by atoms with van der Waals surface area (Å²) >= 11 is 1.43. The Balaban J connectivity index is 1.74. The van der Waals surface area contributed by atoms with E-state index in [-0.39, 0.29) is 11.4 Å². The molecule has 0 unspecified atom stereocenters. The number of sulfonamides is 1. The second kappa shape index (κ2) is 7.78. The predicted octanol–water partition coefficient (Wildman–Crippen LogP) is 3.36. The monoisotopic (exact) mass is 425 g/mol. The van der Waals surface area contributed by atoms with E-state index in [2.05, 4.69) is 14.8 Å². The highest BCUT2D eigenvalue weighted by Crippen LogP contribution is 2.30. The van der Waals surface area contributed by atoms with E-state index in [1.807, 2.05) is 42.6 Å². The lowest BCUT2D eigenvalue weighted by atomic mass is 10.1. The summed E-state index contributed by atoms with van der Waals surface area (Å²) in [6.07, 6.45) is 0. The van der Waals surface area contributed by atoms with Gasteiger partial charge in [0.15, 0.2) is 0 Å². The van der Waals surface area contributed by atoms with Crippen molar-refractivity contribution in [1.82, 2.24) is 19.5 Å². The first-order chi connectivity index (χ1) is 14.0. The van der Waals surface area contributed by atoms with Crippen molar-refractivity contribution < 1.29 is 8.42 Å². The van der Waals surface area contributed by atoms with E-state index < -0.39 is 10.0 Å². The Morgan fingerprint density at radius 2 is 1.72 bits per heavy atom. The fraction of sp³-hybridized carbons (Fsp3) is 0.100. The van der Waals surface area contributed by atoms with Gasteiger partial charge in [-0.25, -0.2) is 18.1 Å². The van der Waals surface area contributed by atoms with E-state index in [4.69, 9.17) is 5.73 Å². The van der Waals surface area contributed by atoms with Crippen molar-refractivity contribution in [2.24, 2.45) is 0 Å². The highest BCUT2D eigenvalue weighted by Gasteiger charge is 2.22. The van der Waals surface area contributed by atoms with Crippen LogP contribution in [-0.4, -0.2) is 23.2 Å². The number of anilines is 1. The molecule has 148 valence electrons. The van der Waals surface area contributed by atoms with Crippen LogP contribution in [-0.2, 0) is 16.6 Å². The van der Waals surface area contributed by atoms with Gasteiger partial charge < -0.3 is 5.73 Å². The van der Waals surface area contributed by atoms with Crippen LogP contribution in [0.25, 0.3) is 16.4 Å². The molecule has 0 radical (unpaired) electrons. The fourth-order valence-corrected chi connectivity index (χ4v) is 4.68. The molecule has 0 amide bonds. The number of nitrogens with one attached hydrogen (secondary N) is 1. The summed E-state index contributed by atoms with van der Waals surface area (Å²) in [6, 6.07) is 17.8. The second-order valence-electron chi connectivity index (χ2n) is 6.40. The van der Waals surface area contributed by atoms with Crippen LogP contribution in [0.4, 0.5) is 5.82 Å². The number of nitrogens with zero attached hydrogens (tertiary/aromatic N) is 3. The molecule has 0 saturated heterocycles. The van der Waals surface area contributed by atoms with Gasteiger partial charge in [-0.05, 0) is 19.1 Å². The lowest BCUT2D eigenvalue weighted by Gasteiger charge is -2.08. The number of hydrogen-bond donors (Lipinski definition) is 2. The van der Waals surface area contributed by atoms with Crippen LogP contribution in [0.1, 0.15) is 11.3 Å². The van der Waals surface area contributed by atoms with Crippen molar-refractivity contribution in [2.45, 2.75) is 18.4 Å². The summed E-state index contributed by atoms with van der Waals surface area (Å²) in [6.45, 7) is 1.91. The molecular weight excluding hydrogens is 406 g/mol. The van der Waals surface area contributed by atoms with Gasteiger partial charge in [0, 0.05) is 23.1 Å². The lowest BCUT2D eigenvalue weighted by molar-refractivity contribution is 0.581. The molecule has 0 aliphatic heterocycles. The third kappa shape index (κ3) is 3.93. The van der Waals surface area contributed by atoms with Crippen LogP contribution in [0.5, 0.6) is 0 Å². The van der Waals surface area contributed by atoms with Gasteiger partial charge >= 0.3 is 0 Å². The number of benzene rings is 2. The Hall–Kier alpha value is -3.01. The predicted molar refractivity (Wildman–Crippen MR) is 114 cm³/mol. The maximum Gasteiger partial charge on any atom is 0.240 e. The number of thiazole rings is 1. The number of aromatic nitrogens is 3. The summed E-state index contributed by atoms with van der Waals surface area (Å²) in [5.74, 6) is 0.356. The van der Waals surface area contributed by atoms with Crippen LogP contribution in [0, 0.1) is 6.92 Å². The quantitative estimate of drug-likeness (QED) is 0.493. The molecule has 0 bridgehead atoms. The van der Waals surface area contributed by atoms with Crippen molar-refractivity contribution >= 4 is 27.2 Å². The van der Waals surface area contributed by atoms with E-state index in [1.54, 1.807) is 35.0 Å². The molecule has 9 heteroatoms. The molecule has 3 N–H and O–H groups in total. The van der Waals surface area contributed by atoms with Gasteiger partial charge in [0.25, 0.3) is 0 Å². The second-order valence-corrected chi connectivity index (χ2v) is 9.00. The zero-order valence-electron chi connectivity index (χ0n) is 15.6. The molecule has 2 heterocycles. The number of rotatable bonds is 6. The molecule has 4 rings (SSSR count). The van der Waals surface area contributed by atoms with Crippen LogP contribution < -0.4 is 10.5 Å². The Morgan fingerprint density at radius 3 is 2.34 bits per heavy atom. The van der Waals surface area contributed by atoms with Gasteiger partial charge in [0.05, 0.1) is 16.3 Å². The van der Waals surface area contributed by atoms with Crippen LogP contribution in [0.3, 0.4) is 0 Å². The van der Waals surface area contributed by atoms with E-state index in [0.717, 1.165) is 11.3 Å². The summed E-state index contributed by atoms with van der Waals surface area (Å²) in [5, 5.41) is 7.19. The molecule has 0 atom stereocenters. The van der Waals surface area contributed by atoms with E-state index in [1.165, 1.54) is 11.3 Å². The number of hydrogen-bond acceptors (Lipinski definition) is 6. The Bertz CT molecular complexity index is 1230. The number of nitrogens with two attached hydrogens (primary N) is 1. The van der Waals surface area contributed by atoms with Gasteiger partial charge in [-0.15, -0.1) is 11.3 Å². The van der Waals surface area contributed by atoms with Gasteiger partial charge in [-0.2, -0.15) is 9.78 Å². The largest absolute Gasteiger partial charge is 0.383 e. The van der Waals surface area contributed by atoms with E-state index in [9.17, 15) is 8.42 Å². The zero-order valence-corrected chi connectivity index (χ0v) is 17.2. The van der Waals surface area contributed by atoms with Crippen molar-refractivity contribution in [2.75, 3.05) is 5.73 Å². The normalized spacial score (nSPS) is 11.6. The minimum atomic E-state index is -3.68. The molecule has 2 aromatic heterocycles. The SMILES string of the molecule is Cc1csc(-n2nc(-c3ccccc3)c(CNS(=O)(=O)c3ccccc3)c2N)n1. The Kier molecular flexibility index (Phi) is 5.18. The smallest absolute Gasteiger partial charge is 0.240 e. The Morgan fingerprint density at radius 1 is 1.07 bits per heavy atom.